The van der Waals surface area contributed by atoms with E-state index in [4.69, 9.17) is 0 Å². The van der Waals surface area contributed by atoms with E-state index in [-0.39, 0.29) is 5.91 Å². The molecule has 2 aliphatic rings. The largest absolute Gasteiger partial charge is 0.313 e. The zero-order valence-corrected chi connectivity index (χ0v) is 14.9. The van der Waals surface area contributed by atoms with Crippen LogP contribution in [-0.2, 0) is 17.6 Å². The fourth-order valence-electron chi connectivity index (χ4n) is 3.41. The Balaban J connectivity index is 1.73. The van der Waals surface area contributed by atoms with E-state index >= 15 is 0 Å². The lowest BCUT2D eigenvalue weighted by Gasteiger charge is -2.12. The molecule has 0 atom stereocenters. The second kappa shape index (κ2) is 6.21. The third-order valence-electron chi connectivity index (χ3n) is 4.56. The predicted molar refractivity (Wildman–Crippen MR) is 97.4 cm³/mol. The lowest BCUT2D eigenvalue weighted by atomic mass is 9.95. The molecule has 0 spiro atoms. The highest BCUT2D eigenvalue weighted by Gasteiger charge is 2.25. The summed E-state index contributed by atoms with van der Waals surface area (Å²) >= 11 is 3.44. The van der Waals surface area contributed by atoms with Crippen molar-refractivity contribution in [3.8, 4) is 10.6 Å². The molecule has 1 amide bonds. The zero-order chi connectivity index (χ0) is 15.8. The number of nitrogens with zero attached hydrogens (tertiary/aromatic N) is 1. The van der Waals surface area contributed by atoms with Gasteiger partial charge in [-0.25, -0.2) is 4.98 Å². The molecule has 1 N–H and O–H groups in total. The molecule has 0 radical (unpaired) electrons. The van der Waals surface area contributed by atoms with Crippen LogP contribution in [-0.4, -0.2) is 10.9 Å². The van der Waals surface area contributed by atoms with Crippen LogP contribution in [0.5, 0.6) is 0 Å². The average molecular weight is 345 g/mol. The first-order valence-corrected chi connectivity index (χ1v) is 9.99. The SMILES string of the molecule is Cc1csc(-c2c(NC(=O)C3=CCCC3)sc3c2CCCC3)n1. The Kier molecular flexibility index (Phi) is 4.07. The topological polar surface area (TPSA) is 42.0 Å². The first-order chi connectivity index (χ1) is 11.2. The molecule has 2 aliphatic carbocycles. The van der Waals surface area contributed by atoms with Crippen LogP contribution >= 0.6 is 22.7 Å². The van der Waals surface area contributed by atoms with E-state index in [1.807, 2.05) is 6.92 Å². The Morgan fingerprint density at radius 1 is 1.22 bits per heavy atom. The number of anilines is 1. The number of amides is 1. The number of hydrogen-bond acceptors (Lipinski definition) is 4. The molecule has 2 heterocycles. The highest BCUT2D eigenvalue weighted by molar-refractivity contribution is 7.18. The number of thiazole rings is 1. The number of aryl methyl sites for hydroxylation is 2. The lowest BCUT2D eigenvalue weighted by molar-refractivity contribution is -0.112. The van der Waals surface area contributed by atoms with Crippen molar-refractivity contribution in [3.63, 3.8) is 0 Å². The van der Waals surface area contributed by atoms with Gasteiger partial charge in [0.25, 0.3) is 5.91 Å². The van der Waals surface area contributed by atoms with Crippen molar-refractivity contribution in [2.45, 2.75) is 51.9 Å². The molecule has 0 aromatic carbocycles. The highest BCUT2D eigenvalue weighted by atomic mass is 32.1. The second-order valence-corrected chi connectivity index (χ2v) is 8.25. The molecule has 4 rings (SSSR count). The lowest BCUT2D eigenvalue weighted by Crippen LogP contribution is -2.13. The van der Waals surface area contributed by atoms with Gasteiger partial charge in [-0.05, 0) is 57.4 Å². The number of carbonyl (C=O) groups excluding carboxylic acids is 1. The molecule has 0 saturated heterocycles. The minimum absolute atomic E-state index is 0.0793. The van der Waals surface area contributed by atoms with Gasteiger partial charge in [-0.15, -0.1) is 22.7 Å². The molecule has 2 aromatic rings. The van der Waals surface area contributed by atoms with Gasteiger partial charge in [0.15, 0.2) is 0 Å². The van der Waals surface area contributed by atoms with Crippen LogP contribution in [0.15, 0.2) is 17.0 Å². The quantitative estimate of drug-likeness (QED) is 0.841. The van der Waals surface area contributed by atoms with Gasteiger partial charge >= 0.3 is 0 Å². The highest BCUT2D eigenvalue weighted by Crippen LogP contribution is 2.45. The zero-order valence-electron chi connectivity index (χ0n) is 13.3. The Bertz CT molecular complexity index is 785. The van der Waals surface area contributed by atoms with Gasteiger partial charge in [-0.3, -0.25) is 4.79 Å². The normalized spacial score (nSPS) is 17.0. The molecule has 0 fully saturated rings. The molecule has 0 unspecified atom stereocenters. The summed E-state index contributed by atoms with van der Waals surface area (Å²) in [5.41, 5.74) is 4.61. The van der Waals surface area contributed by atoms with E-state index in [1.54, 1.807) is 22.7 Å². The number of allylic oxidation sites excluding steroid dienone is 1. The number of thiophene rings is 1. The number of hydrogen-bond donors (Lipinski definition) is 1. The maximum absolute atomic E-state index is 12.5. The average Bonchev–Trinajstić information content (AvgIpc) is 3.25. The number of nitrogens with one attached hydrogen (secondary N) is 1. The van der Waals surface area contributed by atoms with Crippen LogP contribution in [0.2, 0.25) is 0 Å². The number of carbonyl (C=O) groups is 1. The van der Waals surface area contributed by atoms with Gasteiger partial charge in [-0.2, -0.15) is 0 Å². The molecular formula is C18H20N2OS2. The summed E-state index contributed by atoms with van der Waals surface area (Å²) < 4.78 is 0. The minimum Gasteiger partial charge on any atom is -0.313 e. The van der Waals surface area contributed by atoms with Crippen molar-refractivity contribution < 1.29 is 4.79 Å². The third kappa shape index (κ3) is 2.88. The van der Waals surface area contributed by atoms with E-state index in [0.717, 1.165) is 53.4 Å². The van der Waals surface area contributed by atoms with Gasteiger partial charge in [0.1, 0.15) is 10.0 Å². The Morgan fingerprint density at radius 3 is 2.83 bits per heavy atom. The third-order valence-corrected chi connectivity index (χ3v) is 6.75. The molecule has 3 nitrogen and oxygen atoms in total. The summed E-state index contributed by atoms with van der Waals surface area (Å²) in [4.78, 5) is 18.7. The number of fused-ring (bicyclic) bond motifs is 1. The molecular weight excluding hydrogens is 324 g/mol. The van der Waals surface area contributed by atoms with Gasteiger partial charge in [0.2, 0.25) is 0 Å². The van der Waals surface area contributed by atoms with Crippen LogP contribution in [0.25, 0.3) is 10.6 Å². The van der Waals surface area contributed by atoms with Crippen LogP contribution in [0, 0.1) is 6.92 Å². The Hall–Kier alpha value is -1.46. The first-order valence-electron chi connectivity index (χ1n) is 8.30. The van der Waals surface area contributed by atoms with Crippen LogP contribution in [0.3, 0.4) is 0 Å². The maximum Gasteiger partial charge on any atom is 0.251 e. The van der Waals surface area contributed by atoms with E-state index in [0.29, 0.717) is 0 Å². The second-order valence-electron chi connectivity index (χ2n) is 6.28. The molecule has 120 valence electrons. The van der Waals surface area contributed by atoms with Gasteiger partial charge in [0, 0.05) is 27.1 Å². The van der Waals surface area contributed by atoms with Crippen molar-refractivity contribution in [2.24, 2.45) is 0 Å². The summed E-state index contributed by atoms with van der Waals surface area (Å²) in [6.45, 7) is 2.03. The fourth-order valence-corrected chi connectivity index (χ4v) is 5.63. The minimum atomic E-state index is 0.0793. The van der Waals surface area contributed by atoms with E-state index in [2.05, 4.69) is 21.8 Å². The summed E-state index contributed by atoms with van der Waals surface area (Å²) in [6, 6.07) is 0. The summed E-state index contributed by atoms with van der Waals surface area (Å²) in [5.74, 6) is 0.0793. The molecule has 0 aliphatic heterocycles. The van der Waals surface area contributed by atoms with Crippen molar-refractivity contribution in [1.29, 1.82) is 0 Å². The fraction of sp³-hybridized carbons (Fsp3) is 0.444. The van der Waals surface area contributed by atoms with E-state index in [9.17, 15) is 4.79 Å². The molecule has 0 bridgehead atoms. The van der Waals surface area contributed by atoms with Crippen molar-refractivity contribution in [2.75, 3.05) is 5.32 Å². The summed E-state index contributed by atoms with van der Waals surface area (Å²) in [7, 11) is 0. The van der Waals surface area contributed by atoms with Gasteiger partial charge in [-0.1, -0.05) is 6.08 Å². The summed E-state index contributed by atoms with van der Waals surface area (Å²) in [5, 5.41) is 7.34. The van der Waals surface area contributed by atoms with Gasteiger partial charge in [0.05, 0.1) is 0 Å². The molecule has 0 saturated carbocycles. The monoisotopic (exact) mass is 344 g/mol. The van der Waals surface area contributed by atoms with Crippen molar-refractivity contribution in [3.05, 3.63) is 33.2 Å². The predicted octanol–water partition coefficient (Wildman–Crippen LogP) is 5.11. The van der Waals surface area contributed by atoms with Crippen LogP contribution in [0.1, 0.15) is 48.2 Å². The van der Waals surface area contributed by atoms with Crippen LogP contribution in [0.4, 0.5) is 5.00 Å². The van der Waals surface area contributed by atoms with Crippen molar-refractivity contribution in [1.82, 2.24) is 4.98 Å². The standard InChI is InChI=1S/C18H20N2OS2/c1-11-10-22-17(19-11)15-13-8-4-5-9-14(13)23-18(15)20-16(21)12-6-2-3-7-12/h6,10H,2-5,7-9H2,1H3,(H,20,21). The Labute approximate surface area is 144 Å². The smallest absolute Gasteiger partial charge is 0.251 e. The van der Waals surface area contributed by atoms with E-state index < -0.39 is 0 Å². The van der Waals surface area contributed by atoms with Gasteiger partial charge < -0.3 is 5.32 Å². The Morgan fingerprint density at radius 2 is 2.09 bits per heavy atom. The van der Waals surface area contributed by atoms with Crippen molar-refractivity contribution >= 4 is 33.6 Å². The first kappa shape index (κ1) is 15.1. The molecule has 5 heteroatoms. The molecule has 2 aromatic heterocycles. The molecule has 23 heavy (non-hydrogen) atoms. The number of aromatic nitrogens is 1. The van der Waals surface area contributed by atoms with E-state index in [1.165, 1.54) is 28.8 Å². The number of rotatable bonds is 3. The summed E-state index contributed by atoms with van der Waals surface area (Å²) in [6.07, 6.45) is 9.85. The van der Waals surface area contributed by atoms with Crippen LogP contribution < -0.4 is 5.32 Å². The maximum atomic E-state index is 12.5.